The van der Waals surface area contributed by atoms with Crippen molar-refractivity contribution in [1.82, 2.24) is 5.32 Å². The number of nitrogens with one attached hydrogen (secondary N) is 1. The van der Waals surface area contributed by atoms with E-state index in [9.17, 15) is 23.4 Å². The van der Waals surface area contributed by atoms with Crippen LogP contribution in [-0.4, -0.2) is 29.3 Å². The second-order valence-corrected chi connectivity index (χ2v) is 5.59. The molecule has 0 amide bonds. The number of aliphatic hydroxyl groups is 2. The fourth-order valence-corrected chi connectivity index (χ4v) is 2.29. The van der Waals surface area contributed by atoms with E-state index in [0.29, 0.717) is 5.56 Å². The highest BCUT2D eigenvalue weighted by Crippen LogP contribution is 2.29. The van der Waals surface area contributed by atoms with Crippen molar-refractivity contribution in [3.8, 4) is 0 Å². The van der Waals surface area contributed by atoms with E-state index < -0.39 is 24.2 Å². The normalized spacial score (nSPS) is 14.3. The summed E-state index contributed by atoms with van der Waals surface area (Å²) < 4.78 is 42.9. The molecule has 2 aromatic rings. The topological polar surface area (TPSA) is 61.7 Å². The fraction of sp³-hybridized carbons (Fsp3) is 0.333. The van der Waals surface area contributed by atoms with Crippen LogP contribution in [-0.2, 0) is 23.9 Å². The molecular formula is C18H20F3NO3. The van der Waals surface area contributed by atoms with E-state index in [-0.39, 0.29) is 19.6 Å². The first-order chi connectivity index (χ1) is 11.9. The van der Waals surface area contributed by atoms with Crippen LogP contribution >= 0.6 is 0 Å². The molecule has 0 fully saturated rings. The molecule has 0 bridgehead atoms. The zero-order chi connectivity index (χ0) is 18.3. The Kier molecular flexibility index (Phi) is 6.95. The lowest BCUT2D eigenvalue weighted by Gasteiger charge is -2.21. The molecule has 0 saturated carbocycles. The van der Waals surface area contributed by atoms with E-state index in [1.165, 1.54) is 12.1 Å². The second kappa shape index (κ2) is 8.96. The van der Waals surface area contributed by atoms with E-state index in [2.05, 4.69) is 5.32 Å². The van der Waals surface area contributed by atoms with Crippen molar-refractivity contribution >= 4 is 0 Å². The first kappa shape index (κ1) is 19.4. The number of aliphatic hydroxyl groups excluding tert-OH is 2. The Bertz CT molecular complexity index is 632. The zero-order valence-corrected chi connectivity index (χ0v) is 13.4. The van der Waals surface area contributed by atoms with Gasteiger partial charge in [-0.3, -0.25) is 5.32 Å². The standard InChI is InChI=1S/C18H20F3NO3/c19-18(20,21)15-8-6-13(7-9-15)10-16(11-23)22-17(24)25-12-14-4-2-1-3-5-14/h1-9,16-17,22-24H,10-12H2. The summed E-state index contributed by atoms with van der Waals surface area (Å²) in [7, 11) is 0. The van der Waals surface area contributed by atoms with Crippen LogP contribution in [0.25, 0.3) is 0 Å². The summed E-state index contributed by atoms with van der Waals surface area (Å²) >= 11 is 0. The molecule has 0 spiro atoms. The number of ether oxygens (including phenoxy) is 1. The molecule has 7 heteroatoms. The van der Waals surface area contributed by atoms with Crippen LogP contribution in [0.4, 0.5) is 13.2 Å². The number of halogens is 3. The molecule has 25 heavy (non-hydrogen) atoms. The van der Waals surface area contributed by atoms with Gasteiger partial charge in [0.1, 0.15) is 0 Å². The molecule has 0 aliphatic heterocycles. The lowest BCUT2D eigenvalue weighted by atomic mass is 10.0. The van der Waals surface area contributed by atoms with Gasteiger partial charge in [-0.05, 0) is 29.7 Å². The molecule has 2 aromatic carbocycles. The van der Waals surface area contributed by atoms with Gasteiger partial charge in [-0.2, -0.15) is 13.2 Å². The largest absolute Gasteiger partial charge is 0.416 e. The molecule has 0 aromatic heterocycles. The number of hydrogen-bond donors (Lipinski definition) is 3. The highest BCUT2D eigenvalue weighted by atomic mass is 19.4. The Balaban J connectivity index is 1.85. The van der Waals surface area contributed by atoms with Gasteiger partial charge < -0.3 is 14.9 Å². The van der Waals surface area contributed by atoms with Gasteiger partial charge in [0, 0.05) is 6.04 Å². The average molecular weight is 355 g/mol. The van der Waals surface area contributed by atoms with Crippen molar-refractivity contribution in [2.75, 3.05) is 6.61 Å². The summed E-state index contributed by atoms with van der Waals surface area (Å²) in [6, 6.07) is 13.4. The molecule has 0 saturated heterocycles. The van der Waals surface area contributed by atoms with E-state index in [4.69, 9.17) is 4.74 Å². The second-order valence-electron chi connectivity index (χ2n) is 5.59. The third-order valence-electron chi connectivity index (χ3n) is 3.61. The van der Waals surface area contributed by atoms with Crippen LogP contribution in [0.5, 0.6) is 0 Å². The van der Waals surface area contributed by atoms with Crippen LogP contribution in [0.2, 0.25) is 0 Å². The van der Waals surface area contributed by atoms with Crippen molar-refractivity contribution in [2.24, 2.45) is 0 Å². The Morgan fingerprint density at radius 2 is 1.60 bits per heavy atom. The fourth-order valence-electron chi connectivity index (χ4n) is 2.29. The third-order valence-corrected chi connectivity index (χ3v) is 3.61. The average Bonchev–Trinajstić information content (AvgIpc) is 2.60. The third kappa shape index (κ3) is 6.47. The van der Waals surface area contributed by atoms with E-state index >= 15 is 0 Å². The summed E-state index contributed by atoms with van der Waals surface area (Å²) in [6.45, 7) is -0.111. The Morgan fingerprint density at radius 1 is 0.960 bits per heavy atom. The predicted molar refractivity (Wildman–Crippen MR) is 86.4 cm³/mol. The van der Waals surface area contributed by atoms with Gasteiger partial charge in [0.05, 0.1) is 18.8 Å². The summed E-state index contributed by atoms with van der Waals surface area (Å²) in [5.41, 5.74) is 0.762. The van der Waals surface area contributed by atoms with Crippen LogP contribution in [0.3, 0.4) is 0 Å². The highest BCUT2D eigenvalue weighted by Gasteiger charge is 2.30. The summed E-state index contributed by atoms with van der Waals surface area (Å²) in [4.78, 5) is 0. The molecule has 2 unspecified atom stereocenters. The van der Waals surface area contributed by atoms with E-state index in [0.717, 1.165) is 17.7 Å². The molecule has 2 rings (SSSR count). The van der Waals surface area contributed by atoms with Gasteiger partial charge in [0.25, 0.3) is 0 Å². The van der Waals surface area contributed by atoms with E-state index in [1.807, 2.05) is 30.3 Å². The van der Waals surface area contributed by atoms with Crippen LogP contribution in [0.1, 0.15) is 16.7 Å². The van der Waals surface area contributed by atoms with Crippen LogP contribution in [0, 0.1) is 0 Å². The van der Waals surface area contributed by atoms with Crippen LogP contribution in [0.15, 0.2) is 54.6 Å². The SMILES string of the molecule is OCC(Cc1ccc(C(F)(F)F)cc1)NC(O)OCc1ccccc1. The van der Waals surface area contributed by atoms with Crippen LogP contribution < -0.4 is 5.32 Å². The Labute approximate surface area is 143 Å². The van der Waals surface area contributed by atoms with Crippen molar-refractivity contribution in [2.45, 2.75) is 31.7 Å². The van der Waals surface area contributed by atoms with Crippen molar-refractivity contribution in [3.05, 3.63) is 71.3 Å². The number of rotatable bonds is 8. The molecule has 2 atom stereocenters. The monoisotopic (exact) mass is 355 g/mol. The van der Waals surface area contributed by atoms with E-state index in [1.54, 1.807) is 0 Å². The number of alkyl halides is 3. The van der Waals surface area contributed by atoms with Gasteiger partial charge in [0.15, 0.2) is 0 Å². The Hall–Kier alpha value is -1.93. The minimum Gasteiger partial charge on any atom is -0.395 e. The van der Waals surface area contributed by atoms with Crippen molar-refractivity contribution < 1.29 is 28.1 Å². The van der Waals surface area contributed by atoms with Gasteiger partial charge in [-0.1, -0.05) is 42.5 Å². The van der Waals surface area contributed by atoms with Gasteiger partial charge in [0.2, 0.25) is 6.41 Å². The smallest absolute Gasteiger partial charge is 0.395 e. The maximum Gasteiger partial charge on any atom is 0.416 e. The van der Waals surface area contributed by atoms with Gasteiger partial charge in [-0.15, -0.1) is 0 Å². The first-order valence-electron chi connectivity index (χ1n) is 7.75. The van der Waals surface area contributed by atoms with Gasteiger partial charge >= 0.3 is 6.18 Å². The minimum absolute atomic E-state index is 0.188. The molecule has 0 heterocycles. The number of benzene rings is 2. The first-order valence-corrected chi connectivity index (χ1v) is 7.75. The minimum atomic E-state index is -4.38. The molecule has 0 aliphatic rings. The predicted octanol–water partition coefficient (Wildman–Crippen LogP) is 2.69. The highest BCUT2D eigenvalue weighted by molar-refractivity contribution is 5.25. The molecule has 0 aliphatic carbocycles. The van der Waals surface area contributed by atoms with Crippen molar-refractivity contribution in [3.63, 3.8) is 0 Å². The molecule has 0 radical (unpaired) electrons. The van der Waals surface area contributed by atoms with Crippen molar-refractivity contribution in [1.29, 1.82) is 0 Å². The molecule has 4 nitrogen and oxygen atoms in total. The molecule has 136 valence electrons. The lowest BCUT2D eigenvalue weighted by Crippen LogP contribution is -2.43. The van der Waals surface area contributed by atoms with Gasteiger partial charge in [-0.25, -0.2) is 0 Å². The summed E-state index contributed by atoms with van der Waals surface area (Å²) in [5.74, 6) is 0. The lowest BCUT2D eigenvalue weighted by molar-refractivity contribution is -0.137. The summed E-state index contributed by atoms with van der Waals surface area (Å²) in [6.07, 6.45) is -5.43. The molecule has 3 N–H and O–H groups in total. The Morgan fingerprint density at radius 3 is 2.16 bits per heavy atom. The maximum atomic E-state index is 12.5. The quantitative estimate of drug-likeness (QED) is 0.637. The summed E-state index contributed by atoms with van der Waals surface area (Å²) in [5, 5.41) is 21.9. The molecular weight excluding hydrogens is 335 g/mol. The maximum absolute atomic E-state index is 12.5. The zero-order valence-electron chi connectivity index (χ0n) is 13.4. The number of hydrogen-bond acceptors (Lipinski definition) is 4.